The normalized spacial score (nSPS) is 27.1. The summed E-state index contributed by atoms with van der Waals surface area (Å²) in [6, 6.07) is 9.96. The number of rotatable bonds is 5. The zero-order chi connectivity index (χ0) is 17.0. The number of benzene rings is 1. The highest BCUT2D eigenvalue weighted by atomic mass is 16.3. The lowest BCUT2D eigenvalue weighted by Gasteiger charge is -2.40. The first kappa shape index (κ1) is 17.4. The molecule has 1 aromatic carbocycles. The van der Waals surface area contributed by atoms with Crippen LogP contribution in [0.15, 0.2) is 30.3 Å². The summed E-state index contributed by atoms with van der Waals surface area (Å²) in [5, 5.41) is 17.0. The fourth-order valence-electron chi connectivity index (χ4n) is 4.11. The number of likely N-dealkylation sites (tertiary alicyclic amines) is 1. The van der Waals surface area contributed by atoms with Crippen LogP contribution in [0.1, 0.15) is 31.7 Å². The third-order valence-electron chi connectivity index (χ3n) is 5.48. The number of likely N-dealkylation sites (N-methyl/N-ethyl adjacent to an activating group) is 1. The van der Waals surface area contributed by atoms with Crippen molar-refractivity contribution in [2.24, 2.45) is 0 Å². The van der Waals surface area contributed by atoms with Gasteiger partial charge in [0.25, 0.3) is 0 Å². The average molecular weight is 331 g/mol. The van der Waals surface area contributed by atoms with Crippen LogP contribution in [0, 0.1) is 0 Å². The Morgan fingerprint density at radius 2 is 2.04 bits per heavy atom. The fraction of sp³-hybridized carbons (Fsp3) is 0.632. The molecule has 2 fully saturated rings. The number of aliphatic hydroxyl groups is 1. The molecule has 0 aromatic heterocycles. The quantitative estimate of drug-likeness (QED) is 0.751. The van der Waals surface area contributed by atoms with E-state index in [1.807, 2.05) is 25.1 Å². The maximum absolute atomic E-state index is 13.0. The van der Waals surface area contributed by atoms with E-state index in [1.54, 1.807) is 0 Å². The third-order valence-corrected chi connectivity index (χ3v) is 5.48. The Morgan fingerprint density at radius 3 is 2.71 bits per heavy atom. The predicted octanol–water partition coefficient (Wildman–Crippen LogP) is 0.923. The molecule has 1 amide bonds. The number of carbonyl (C=O) groups is 1. The van der Waals surface area contributed by atoms with Gasteiger partial charge in [-0.25, -0.2) is 0 Å². The lowest BCUT2D eigenvalue weighted by molar-refractivity contribution is -0.130. The lowest BCUT2D eigenvalue weighted by atomic mass is 9.82. The van der Waals surface area contributed by atoms with Crippen LogP contribution in [-0.4, -0.2) is 59.8 Å². The molecule has 2 aliphatic rings. The van der Waals surface area contributed by atoms with Gasteiger partial charge in [0.1, 0.15) is 6.04 Å². The van der Waals surface area contributed by atoms with Crippen LogP contribution in [-0.2, 0) is 11.2 Å². The summed E-state index contributed by atoms with van der Waals surface area (Å²) in [4.78, 5) is 15.0. The van der Waals surface area contributed by atoms with Crippen molar-refractivity contribution >= 4 is 5.91 Å². The first-order valence-electron chi connectivity index (χ1n) is 9.12. The van der Waals surface area contributed by atoms with Crippen molar-refractivity contribution in [2.75, 3.05) is 26.2 Å². The molecule has 0 aliphatic carbocycles. The molecule has 3 rings (SSSR count). The molecule has 3 N–H and O–H groups in total. The average Bonchev–Trinajstić information content (AvgIpc) is 2.97. The number of hydrogen-bond donors (Lipinski definition) is 3. The monoisotopic (exact) mass is 331 g/mol. The van der Waals surface area contributed by atoms with Crippen molar-refractivity contribution in [2.45, 2.75) is 50.3 Å². The Bertz CT molecular complexity index is 543. The Hall–Kier alpha value is -1.43. The van der Waals surface area contributed by atoms with Crippen LogP contribution in [0.25, 0.3) is 0 Å². The number of aliphatic hydroxyl groups excluding tert-OH is 1. The van der Waals surface area contributed by atoms with E-state index in [-0.39, 0.29) is 11.4 Å². The molecular formula is C19H29N3O2. The molecule has 0 spiro atoms. The van der Waals surface area contributed by atoms with E-state index in [2.05, 4.69) is 27.7 Å². The minimum absolute atomic E-state index is 0.0142. The molecule has 5 heteroatoms. The van der Waals surface area contributed by atoms with Gasteiger partial charge in [0.05, 0.1) is 6.10 Å². The lowest BCUT2D eigenvalue weighted by Crippen LogP contribution is -2.60. The van der Waals surface area contributed by atoms with E-state index in [4.69, 9.17) is 0 Å². The summed E-state index contributed by atoms with van der Waals surface area (Å²) < 4.78 is 0. The summed E-state index contributed by atoms with van der Waals surface area (Å²) in [7, 11) is 0. The number of hydrogen-bond acceptors (Lipinski definition) is 4. The Balaban J connectivity index is 1.75. The molecule has 5 nitrogen and oxygen atoms in total. The zero-order valence-electron chi connectivity index (χ0n) is 14.5. The Kier molecular flexibility index (Phi) is 5.54. The Morgan fingerprint density at radius 1 is 1.33 bits per heavy atom. The number of amides is 1. The molecule has 2 aliphatic heterocycles. The van der Waals surface area contributed by atoms with E-state index >= 15 is 0 Å². The highest BCUT2D eigenvalue weighted by Gasteiger charge is 2.41. The van der Waals surface area contributed by atoms with E-state index in [9.17, 15) is 9.90 Å². The number of carbonyl (C=O) groups excluding carboxylic acids is 1. The minimum atomic E-state index is -0.555. The minimum Gasteiger partial charge on any atom is -0.391 e. The second-order valence-corrected chi connectivity index (χ2v) is 7.11. The van der Waals surface area contributed by atoms with Crippen molar-refractivity contribution in [3.05, 3.63) is 35.9 Å². The summed E-state index contributed by atoms with van der Waals surface area (Å²) in [6.07, 6.45) is 2.81. The first-order valence-corrected chi connectivity index (χ1v) is 9.12. The van der Waals surface area contributed by atoms with Crippen molar-refractivity contribution in [3.8, 4) is 0 Å². The third kappa shape index (κ3) is 3.79. The molecule has 2 saturated heterocycles. The van der Waals surface area contributed by atoms with E-state index in [1.165, 1.54) is 5.56 Å². The van der Waals surface area contributed by atoms with Gasteiger partial charge < -0.3 is 15.7 Å². The molecule has 24 heavy (non-hydrogen) atoms. The molecule has 2 unspecified atom stereocenters. The van der Waals surface area contributed by atoms with Crippen molar-refractivity contribution in [1.82, 2.24) is 15.5 Å². The molecule has 2 atom stereocenters. The van der Waals surface area contributed by atoms with Crippen LogP contribution in [0.4, 0.5) is 0 Å². The van der Waals surface area contributed by atoms with Gasteiger partial charge >= 0.3 is 0 Å². The number of nitrogens with zero attached hydrogens (tertiary/aromatic N) is 1. The maximum Gasteiger partial charge on any atom is 0.240 e. The molecular weight excluding hydrogens is 302 g/mol. The van der Waals surface area contributed by atoms with Crippen molar-refractivity contribution in [1.29, 1.82) is 0 Å². The van der Waals surface area contributed by atoms with Gasteiger partial charge in [0.2, 0.25) is 5.91 Å². The van der Waals surface area contributed by atoms with E-state index in [0.29, 0.717) is 6.42 Å². The van der Waals surface area contributed by atoms with Gasteiger partial charge in [0, 0.05) is 12.1 Å². The van der Waals surface area contributed by atoms with Crippen LogP contribution >= 0.6 is 0 Å². The summed E-state index contributed by atoms with van der Waals surface area (Å²) >= 11 is 0. The molecule has 0 bridgehead atoms. The molecule has 132 valence electrons. The van der Waals surface area contributed by atoms with Crippen LogP contribution in [0.2, 0.25) is 0 Å². The maximum atomic E-state index is 13.0. The summed E-state index contributed by atoms with van der Waals surface area (Å²) in [5.41, 5.74) is 1.03. The van der Waals surface area contributed by atoms with Gasteiger partial charge in [-0.05, 0) is 50.9 Å². The van der Waals surface area contributed by atoms with Gasteiger partial charge in [0.15, 0.2) is 0 Å². The van der Waals surface area contributed by atoms with Crippen LogP contribution in [0.5, 0.6) is 0 Å². The molecule has 0 saturated carbocycles. The molecule has 2 heterocycles. The summed E-state index contributed by atoms with van der Waals surface area (Å²) in [5.74, 6) is -0.0142. The van der Waals surface area contributed by atoms with Crippen molar-refractivity contribution < 1.29 is 9.90 Å². The second kappa shape index (κ2) is 7.64. The first-order chi connectivity index (χ1) is 11.6. The van der Waals surface area contributed by atoms with Crippen molar-refractivity contribution in [3.63, 3.8) is 0 Å². The highest BCUT2D eigenvalue weighted by molar-refractivity contribution is 5.83. The van der Waals surface area contributed by atoms with Crippen LogP contribution in [0.3, 0.4) is 0 Å². The van der Waals surface area contributed by atoms with Gasteiger partial charge in [-0.15, -0.1) is 0 Å². The van der Waals surface area contributed by atoms with Crippen LogP contribution < -0.4 is 10.6 Å². The zero-order valence-corrected chi connectivity index (χ0v) is 14.5. The standard InChI is InChI=1S/C19H29N3O2/c1-2-22-13-8-16(23)17(22)18(24)21-19(9-11-20-12-10-19)14-15-6-4-3-5-7-15/h3-7,16-17,20,23H,2,8-14H2,1H3,(H,21,24). The van der Waals surface area contributed by atoms with E-state index < -0.39 is 12.1 Å². The number of piperidine rings is 1. The second-order valence-electron chi connectivity index (χ2n) is 7.11. The van der Waals surface area contributed by atoms with Gasteiger partial charge in [-0.1, -0.05) is 37.3 Å². The topological polar surface area (TPSA) is 64.6 Å². The predicted molar refractivity (Wildman–Crippen MR) is 94.8 cm³/mol. The van der Waals surface area contributed by atoms with Gasteiger partial charge in [-0.3, -0.25) is 9.69 Å². The number of nitrogens with one attached hydrogen (secondary N) is 2. The summed E-state index contributed by atoms with van der Waals surface area (Å²) in [6.45, 7) is 5.46. The smallest absolute Gasteiger partial charge is 0.240 e. The van der Waals surface area contributed by atoms with E-state index in [0.717, 1.165) is 45.4 Å². The fourth-order valence-corrected chi connectivity index (χ4v) is 4.11. The Labute approximate surface area is 144 Å². The van der Waals surface area contributed by atoms with Gasteiger partial charge in [-0.2, -0.15) is 0 Å². The SMILES string of the molecule is CCN1CCC(O)C1C(=O)NC1(Cc2ccccc2)CCNCC1. The molecule has 0 radical (unpaired) electrons. The highest BCUT2D eigenvalue weighted by Crippen LogP contribution is 2.26. The molecule has 1 aromatic rings. The largest absolute Gasteiger partial charge is 0.391 e.